The first-order valence-electron chi connectivity index (χ1n) is 8.10. The maximum atomic E-state index is 11.9. The van der Waals surface area contributed by atoms with E-state index in [0.29, 0.717) is 5.82 Å². The second kappa shape index (κ2) is 5.67. The number of pyridine rings is 1. The summed E-state index contributed by atoms with van der Waals surface area (Å²) in [5, 5.41) is 7.30. The minimum atomic E-state index is 0.0685. The van der Waals surface area contributed by atoms with Crippen LogP contribution >= 0.6 is 0 Å². The Morgan fingerprint density at radius 3 is 2.88 bits per heavy atom. The number of methoxy groups -OCH3 is 1. The summed E-state index contributed by atoms with van der Waals surface area (Å²) in [7, 11) is 1.69. The van der Waals surface area contributed by atoms with Gasteiger partial charge in [0.1, 0.15) is 5.75 Å². The number of benzene rings is 1. The standard InChI is InChI=1S/C19H19N3O2/c1-12-4-3-5-16(18(12)24-2)14-8-9-22-15(10-14)11-17(21-22)20-19(23)13-6-7-13/h3-5,8-11,13H,6-7H2,1-2H3,(H,20,21,23). The molecule has 24 heavy (non-hydrogen) atoms. The Morgan fingerprint density at radius 1 is 1.29 bits per heavy atom. The van der Waals surface area contributed by atoms with Gasteiger partial charge in [-0.15, -0.1) is 0 Å². The van der Waals surface area contributed by atoms with Crippen molar-refractivity contribution in [3.8, 4) is 16.9 Å². The monoisotopic (exact) mass is 321 g/mol. The van der Waals surface area contributed by atoms with Crippen LogP contribution in [0.3, 0.4) is 0 Å². The molecule has 0 aliphatic heterocycles. The van der Waals surface area contributed by atoms with Crippen molar-refractivity contribution < 1.29 is 9.53 Å². The third kappa shape index (κ3) is 2.62. The van der Waals surface area contributed by atoms with Crippen LogP contribution in [0, 0.1) is 12.8 Å². The van der Waals surface area contributed by atoms with Gasteiger partial charge in [-0.1, -0.05) is 18.2 Å². The summed E-state index contributed by atoms with van der Waals surface area (Å²) in [6.45, 7) is 2.03. The molecule has 0 atom stereocenters. The summed E-state index contributed by atoms with van der Waals surface area (Å²) < 4.78 is 7.33. The largest absolute Gasteiger partial charge is 0.496 e. The van der Waals surface area contributed by atoms with Gasteiger partial charge in [-0.3, -0.25) is 4.79 Å². The van der Waals surface area contributed by atoms with Crippen molar-refractivity contribution in [3.05, 3.63) is 48.2 Å². The second-order valence-corrected chi connectivity index (χ2v) is 6.23. The summed E-state index contributed by atoms with van der Waals surface area (Å²) in [5.41, 5.74) is 4.13. The van der Waals surface area contributed by atoms with E-state index in [1.54, 1.807) is 11.6 Å². The highest BCUT2D eigenvalue weighted by Gasteiger charge is 2.30. The number of aromatic nitrogens is 2. The molecule has 1 aliphatic carbocycles. The van der Waals surface area contributed by atoms with Gasteiger partial charge in [0, 0.05) is 23.7 Å². The summed E-state index contributed by atoms with van der Waals surface area (Å²) in [5.74, 6) is 1.71. The first kappa shape index (κ1) is 14.8. The van der Waals surface area contributed by atoms with Crippen LogP contribution in [0.2, 0.25) is 0 Å². The molecule has 5 heteroatoms. The molecule has 1 aliphatic rings. The molecule has 1 fully saturated rings. The summed E-state index contributed by atoms with van der Waals surface area (Å²) in [6.07, 6.45) is 3.87. The molecule has 1 amide bonds. The number of para-hydroxylation sites is 1. The maximum absolute atomic E-state index is 11.9. The van der Waals surface area contributed by atoms with Crippen LogP contribution in [0.15, 0.2) is 42.6 Å². The minimum Gasteiger partial charge on any atom is -0.496 e. The molecule has 2 heterocycles. The molecular weight excluding hydrogens is 302 g/mol. The Morgan fingerprint density at radius 2 is 2.12 bits per heavy atom. The molecular formula is C19H19N3O2. The van der Waals surface area contributed by atoms with Crippen LogP contribution in [0.5, 0.6) is 5.75 Å². The summed E-state index contributed by atoms with van der Waals surface area (Å²) in [6, 6.07) is 12.1. The fourth-order valence-electron chi connectivity index (χ4n) is 2.95. The number of carbonyl (C=O) groups excluding carboxylic acids is 1. The molecule has 0 radical (unpaired) electrons. The number of nitrogens with one attached hydrogen (secondary N) is 1. The Hall–Kier alpha value is -2.82. The summed E-state index contributed by atoms with van der Waals surface area (Å²) in [4.78, 5) is 11.9. The van der Waals surface area contributed by atoms with E-state index in [9.17, 15) is 4.79 Å². The van der Waals surface area contributed by atoms with E-state index in [1.807, 2.05) is 43.5 Å². The van der Waals surface area contributed by atoms with E-state index in [-0.39, 0.29) is 11.8 Å². The highest BCUT2D eigenvalue weighted by molar-refractivity contribution is 5.93. The fraction of sp³-hybridized carbons (Fsp3) is 0.263. The lowest BCUT2D eigenvalue weighted by Gasteiger charge is -2.11. The predicted octanol–water partition coefficient (Wildman–Crippen LogP) is 3.67. The minimum absolute atomic E-state index is 0.0685. The quantitative estimate of drug-likeness (QED) is 0.798. The van der Waals surface area contributed by atoms with Gasteiger partial charge >= 0.3 is 0 Å². The van der Waals surface area contributed by atoms with E-state index < -0.39 is 0 Å². The molecule has 3 aromatic rings. The number of amides is 1. The van der Waals surface area contributed by atoms with Gasteiger partial charge in [0.05, 0.1) is 12.6 Å². The number of nitrogens with zero attached hydrogens (tertiary/aromatic N) is 2. The SMILES string of the molecule is COc1c(C)cccc1-c1ccn2nc(NC(=O)C3CC3)cc2c1. The van der Waals surface area contributed by atoms with Crippen molar-refractivity contribution in [3.63, 3.8) is 0 Å². The predicted molar refractivity (Wildman–Crippen MR) is 93.3 cm³/mol. The highest BCUT2D eigenvalue weighted by atomic mass is 16.5. The van der Waals surface area contributed by atoms with E-state index in [4.69, 9.17) is 4.74 Å². The summed E-state index contributed by atoms with van der Waals surface area (Å²) >= 11 is 0. The number of aryl methyl sites for hydroxylation is 1. The Labute approximate surface area is 140 Å². The van der Waals surface area contributed by atoms with Gasteiger partial charge in [-0.05, 0) is 43.0 Å². The zero-order valence-electron chi connectivity index (χ0n) is 13.7. The topological polar surface area (TPSA) is 55.6 Å². The zero-order chi connectivity index (χ0) is 16.7. The van der Waals surface area contributed by atoms with Crippen molar-refractivity contribution in [2.45, 2.75) is 19.8 Å². The number of ether oxygens (including phenoxy) is 1. The van der Waals surface area contributed by atoms with E-state index in [1.165, 1.54) is 0 Å². The molecule has 2 aromatic heterocycles. The molecule has 4 rings (SSSR count). The smallest absolute Gasteiger partial charge is 0.228 e. The van der Waals surface area contributed by atoms with E-state index >= 15 is 0 Å². The van der Waals surface area contributed by atoms with Gasteiger partial charge in [0.25, 0.3) is 0 Å². The lowest BCUT2D eigenvalue weighted by Crippen LogP contribution is -2.13. The van der Waals surface area contributed by atoms with E-state index in [2.05, 4.69) is 16.5 Å². The van der Waals surface area contributed by atoms with E-state index in [0.717, 1.165) is 40.8 Å². The van der Waals surface area contributed by atoms with Gasteiger partial charge < -0.3 is 10.1 Å². The normalized spacial score (nSPS) is 13.9. The van der Waals surface area contributed by atoms with Crippen LogP contribution in [0.4, 0.5) is 5.82 Å². The lowest BCUT2D eigenvalue weighted by molar-refractivity contribution is -0.117. The number of hydrogen-bond donors (Lipinski definition) is 1. The van der Waals surface area contributed by atoms with Crippen molar-refractivity contribution in [2.75, 3.05) is 12.4 Å². The van der Waals surface area contributed by atoms with Gasteiger partial charge in [0.2, 0.25) is 5.91 Å². The molecule has 1 saturated carbocycles. The van der Waals surface area contributed by atoms with Crippen molar-refractivity contribution in [1.29, 1.82) is 0 Å². The van der Waals surface area contributed by atoms with Gasteiger partial charge in [-0.25, -0.2) is 4.52 Å². The Kier molecular flexibility index (Phi) is 3.49. The maximum Gasteiger partial charge on any atom is 0.228 e. The first-order valence-corrected chi connectivity index (χ1v) is 8.10. The number of carbonyl (C=O) groups is 1. The molecule has 0 bridgehead atoms. The average molecular weight is 321 g/mol. The van der Waals surface area contributed by atoms with Gasteiger partial charge in [0.15, 0.2) is 5.82 Å². The lowest BCUT2D eigenvalue weighted by atomic mass is 10.0. The average Bonchev–Trinajstić information content (AvgIpc) is 3.35. The molecule has 0 saturated heterocycles. The Bertz CT molecular complexity index is 926. The highest BCUT2D eigenvalue weighted by Crippen LogP contribution is 2.34. The van der Waals surface area contributed by atoms with Crippen LogP contribution < -0.4 is 10.1 Å². The van der Waals surface area contributed by atoms with Crippen LogP contribution in [0.25, 0.3) is 16.6 Å². The molecule has 0 unspecified atom stereocenters. The number of fused-ring (bicyclic) bond motifs is 1. The molecule has 1 aromatic carbocycles. The van der Waals surface area contributed by atoms with Crippen LogP contribution in [-0.2, 0) is 4.79 Å². The Balaban J connectivity index is 1.70. The van der Waals surface area contributed by atoms with Crippen molar-refractivity contribution in [2.24, 2.45) is 5.92 Å². The second-order valence-electron chi connectivity index (χ2n) is 6.23. The third-order valence-electron chi connectivity index (χ3n) is 4.39. The first-order chi connectivity index (χ1) is 11.7. The molecule has 1 N–H and O–H groups in total. The number of rotatable bonds is 4. The molecule has 0 spiro atoms. The molecule has 122 valence electrons. The van der Waals surface area contributed by atoms with Crippen molar-refractivity contribution in [1.82, 2.24) is 9.61 Å². The van der Waals surface area contributed by atoms with Crippen LogP contribution in [0.1, 0.15) is 18.4 Å². The number of anilines is 1. The molecule has 5 nitrogen and oxygen atoms in total. The number of hydrogen-bond acceptors (Lipinski definition) is 3. The van der Waals surface area contributed by atoms with Crippen LogP contribution in [-0.4, -0.2) is 22.6 Å². The van der Waals surface area contributed by atoms with Crippen molar-refractivity contribution >= 4 is 17.2 Å². The van der Waals surface area contributed by atoms with Gasteiger partial charge in [-0.2, -0.15) is 5.10 Å². The third-order valence-corrected chi connectivity index (χ3v) is 4.39. The zero-order valence-corrected chi connectivity index (χ0v) is 13.7. The fourth-order valence-corrected chi connectivity index (χ4v) is 2.95.